The van der Waals surface area contributed by atoms with Crippen LogP contribution >= 0.6 is 0 Å². The lowest BCUT2D eigenvalue weighted by Crippen LogP contribution is -2.06. The second-order valence-corrected chi connectivity index (χ2v) is 1.94. The Balaban J connectivity index is 3.12. The highest BCUT2D eigenvalue weighted by atomic mass is 16.2. The largest absolute Gasteiger partial charge is 0.329 e. The van der Waals surface area contributed by atoms with Gasteiger partial charge < -0.3 is 4.98 Å². The fourth-order valence-corrected chi connectivity index (χ4v) is 0.676. The first-order valence-corrected chi connectivity index (χ1v) is 3.02. The van der Waals surface area contributed by atoms with E-state index in [2.05, 4.69) is 15.0 Å². The van der Waals surface area contributed by atoms with Crippen LogP contribution in [0.5, 0.6) is 0 Å². The molecule has 0 fully saturated rings. The van der Waals surface area contributed by atoms with E-state index in [0.717, 1.165) is 6.07 Å². The number of nitrogens with one attached hydrogen (secondary N) is 1. The zero-order valence-corrected chi connectivity index (χ0v) is 5.89. The molecule has 0 radical (unpaired) electrons. The van der Waals surface area contributed by atoms with Crippen molar-refractivity contribution in [3.8, 4) is 0 Å². The van der Waals surface area contributed by atoms with Crippen LogP contribution in [0.25, 0.3) is 10.4 Å². The molecule has 6 nitrogen and oxygen atoms in total. The lowest BCUT2D eigenvalue weighted by Gasteiger charge is -1.89. The van der Waals surface area contributed by atoms with E-state index in [4.69, 9.17) is 5.53 Å². The predicted octanol–water partition coefficient (Wildman–Crippen LogP) is 0.825. The van der Waals surface area contributed by atoms with Crippen LogP contribution in [0.3, 0.4) is 0 Å². The van der Waals surface area contributed by atoms with E-state index in [1.54, 1.807) is 0 Å². The van der Waals surface area contributed by atoms with Crippen LogP contribution in [0.15, 0.2) is 28.2 Å². The molecule has 6 heteroatoms. The Kier molecular flexibility index (Phi) is 2.25. The lowest BCUT2D eigenvalue weighted by molar-refractivity contribution is 0.1000. The van der Waals surface area contributed by atoms with Crippen LogP contribution in [0.1, 0.15) is 10.4 Å². The minimum absolute atomic E-state index is 0.0801. The minimum atomic E-state index is -0.761. The highest BCUT2D eigenvalue weighted by molar-refractivity contribution is 5.94. The normalized spacial score (nSPS) is 8.67. The van der Waals surface area contributed by atoms with Crippen molar-refractivity contribution in [2.45, 2.75) is 0 Å². The summed E-state index contributed by atoms with van der Waals surface area (Å²) in [6.07, 6.45) is 1.31. The van der Waals surface area contributed by atoms with Crippen molar-refractivity contribution >= 4 is 5.91 Å². The second-order valence-electron chi connectivity index (χ2n) is 1.94. The molecule has 1 rings (SSSR count). The van der Waals surface area contributed by atoms with Crippen LogP contribution in [-0.4, -0.2) is 10.9 Å². The van der Waals surface area contributed by atoms with Crippen LogP contribution in [-0.2, 0) is 0 Å². The summed E-state index contributed by atoms with van der Waals surface area (Å²) in [5.74, 6) is -0.761. The molecule has 1 N–H and O–H groups in total. The van der Waals surface area contributed by atoms with Crippen molar-refractivity contribution in [1.82, 2.24) is 4.98 Å². The molecule has 0 saturated carbocycles. The number of hydrogen-bond acceptors (Lipinski definition) is 2. The summed E-state index contributed by atoms with van der Waals surface area (Å²) < 4.78 is 0. The maximum absolute atomic E-state index is 10.8. The van der Waals surface area contributed by atoms with Gasteiger partial charge in [0.2, 0.25) is 11.5 Å². The van der Waals surface area contributed by atoms with Gasteiger partial charge >= 0.3 is 0 Å². The maximum Gasteiger partial charge on any atom is 0.249 e. The van der Waals surface area contributed by atoms with E-state index in [1.165, 1.54) is 12.3 Å². The monoisotopic (exact) mass is 164 g/mol. The van der Waals surface area contributed by atoms with E-state index < -0.39 is 11.5 Å². The van der Waals surface area contributed by atoms with Gasteiger partial charge in [0.25, 0.3) is 0 Å². The van der Waals surface area contributed by atoms with Gasteiger partial charge in [0, 0.05) is 22.7 Å². The topological polar surface area (TPSA) is 98.7 Å². The molecular formula is C6H4N4O2. The minimum Gasteiger partial charge on any atom is -0.329 e. The fraction of sp³-hybridized carbons (Fsp3) is 0. The van der Waals surface area contributed by atoms with Crippen molar-refractivity contribution in [2.24, 2.45) is 5.11 Å². The zero-order valence-electron chi connectivity index (χ0n) is 5.89. The third-order valence-electron chi connectivity index (χ3n) is 1.16. The SMILES string of the molecule is [N-]=[N+]=NC(=O)c1cc[nH]c(=O)c1. The number of carbonyl (C=O) groups is 1. The molecular weight excluding hydrogens is 160 g/mol. The van der Waals surface area contributed by atoms with Gasteiger partial charge in [0.15, 0.2) is 0 Å². The molecule has 0 atom stereocenters. The third kappa shape index (κ3) is 1.71. The summed E-state index contributed by atoms with van der Waals surface area (Å²) in [6.45, 7) is 0. The number of azide groups is 1. The summed E-state index contributed by atoms with van der Waals surface area (Å²) in [5, 5.41) is 2.82. The van der Waals surface area contributed by atoms with Crippen molar-refractivity contribution in [3.05, 3.63) is 44.7 Å². The summed E-state index contributed by atoms with van der Waals surface area (Å²) in [5.41, 5.74) is 7.59. The number of H-pyrrole nitrogens is 1. The molecule has 0 aliphatic carbocycles. The average Bonchev–Trinajstić information content (AvgIpc) is 2.05. The first-order valence-electron chi connectivity index (χ1n) is 3.02. The summed E-state index contributed by atoms with van der Waals surface area (Å²) >= 11 is 0. The van der Waals surface area contributed by atoms with Gasteiger partial charge in [-0.05, 0) is 16.7 Å². The molecule has 0 aromatic carbocycles. The number of hydrogen-bond donors (Lipinski definition) is 1. The Bertz CT molecular complexity index is 402. The molecule has 0 bridgehead atoms. The number of nitrogens with zero attached hydrogens (tertiary/aromatic N) is 3. The first-order chi connectivity index (χ1) is 5.74. The van der Waals surface area contributed by atoms with E-state index in [0.29, 0.717) is 0 Å². The van der Waals surface area contributed by atoms with Gasteiger partial charge in [-0.1, -0.05) is 0 Å². The van der Waals surface area contributed by atoms with Crippen molar-refractivity contribution in [3.63, 3.8) is 0 Å². The van der Waals surface area contributed by atoms with Gasteiger partial charge in [-0.25, -0.2) is 0 Å². The zero-order chi connectivity index (χ0) is 8.97. The number of carbonyl (C=O) groups excluding carboxylic acids is 1. The number of pyridine rings is 1. The molecule has 60 valence electrons. The van der Waals surface area contributed by atoms with E-state index >= 15 is 0 Å². The highest BCUT2D eigenvalue weighted by Crippen LogP contribution is 1.95. The number of aromatic amines is 1. The Morgan fingerprint density at radius 2 is 2.42 bits per heavy atom. The number of aromatic nitrogens is 1. The maximum atomic E-state index is 10.8. The second kappa shape index (κ2) is 3.36. The number of amides is 1. The predicted molar refractivity (Wildman–Crippen MR) is 40.5 cm³/mol. The number of rotatable bonds is 1. The first kappa shape index (κ1) is 8.03. The van der Waals surface area contributed by atoms with Gasteiger partial charge in [-0.3, -0.25) is 9.59 Å². The molecule has 1 amide bonds. The van der Waals surface area contributed by atoms with Crippen LogP contribution in [0.2, 0.25) is 0 Å². The molecule has 0 spiro atoms. The van der Waals surface area contributed by atoms with E-state index in [1.807, 2.05) is 0 Å². The van der Waals surface area contributed by atoms with Crippen molar-refractivity contribution in [2.75, 3.05) is 0 Å². The Morgan fingerprint density at radius 1 is 1.67 bits per heavy atom. The van der Waals surface area contributed by atoms with Gasteiger partial charge in [-0.2, -0.15) is 0 Å². The fourth-order valence-electron chi connectivity index (χ4n) is 0.676. The van der Waals surface area contributed by atoms with Crippen molar-refractivity contribution in [1.29, 1.82) is 0 Å². The quantitative estimate of drug-likeness (QED) is 0.377. The Hall–Kier alpha value is -2.07. The van der Waals surface area contributed by atoms with Crippen LogP contribution in [0, 0.1) is 0 Å². The molecule has 0 aliphatic heterocycles. The summed E-state index contributed by atoms with van der Waals surface area (Å²) in [7, 11) is 0. The van der Waals surface area contributed by atoms with Gasteiger partial charge in [0.1, 0.15) is 0 Å². The lowest BCUT2D eigenvalue weighted by atomic mass is 10.2. The molecule has 0 aliphatic rings. The van der Waals surface area contributed by atoms with Crippen LogP contribution in [0.4, 0.5) is 0 Å². The molecule has 1 aromatic heterocycles. The molecule has 0 saturated heterocycles. The molecule has 12 heavy (non-hydrogen) atoms. The summed E-state index contributed by atoms with van der Waals surface area (Å²) in [6, 6.07) is 2.43. The van der Waals surface area contributed by atoms with E-state index in [9.17, 15) is 9.59 Å². The Morgan fingerprint density at radius 3 is 3.00 bits per heavy atom. The average molecular weight is 164 g/mol. The van der Waals surface area contributed by atoms with Crippen molar-refractivity contribution < 1.29 is 4.79 Å². The molecule has 1 heterocycles. The van der Waals surface area contributed by atoms with Gasteiger partial charge in [0.05, 0.1) is 0 Å². The standard InChI is InChI=1S/C6H4N4O2/c7-10-9-6(12)4-1-2-8-5(11)3-4/h1-3H,(H,8,11). The van der Waals surface area contributed by atoms with Gasteiger partial charge in [-0.15, -0.1) is 0 Å². The Labute approximate surface area is 66.5 Å². The third-order valence-corrected chi connectivity index (χ3v) is 1.16. The highest BCUT2D eigenvalue weighted by Gasteiger charge is 2.01. The van der Waals surface area contributed by atoms with Crippen LogP contribution < -0.4 is 5.56 Å². The smallest absolute Gasteiger partial charge is 0.249 e. The van der Waals surface area contributed by atoms with E-state index in [-0.39, 0.29) is 5.56 Å². The summed E-state index contributed by atoms with van der Waals surface area (Å²) in [4.78, 5) is 26.1. The molecule has 0 unspecified atom stereocenters. The molecule has 1 aromatic rings.